The lowest BCUT2D eigenvalue weighted by Crippen LogP contribution is -2.33. The van der Waals surface area contributed by atoms with Crippen molar-refractivity contribution in [1.29, 1.82) is 0 Å². The molecule has 1 aromatic carbocycles. The molecule has 164 valence electrons. The number of hydrogen-bond acceptors (Lipinski definition) is 7. The van der Waals surface area contributed by atoms with E-state index in [1.54, 1.807) is 27.0 Å². The van der Waals surface area contributed by atoms with Crippen LogP contribution in [0, 0.1) is 0 Å². The lowest BCUT2D eigenvalue weighted by molar-refractivity contribution is 0.0533. The summed E-state index contributed by atoms with van der Waals surface area (Å²) >= 11 is 0. The molecule has 1 aliphatic rings. The fourth-order valence-corrected chi connectivity index (χ4v) is 2.93. The van der Waals surface area contributed by atoms with Crippen molar-refractivity contribution in [2.24, 2.45) is 21.6 Å². The monoisotopic (exact) mass is 417 g/mol. The largest absolute Gasteiger partial charge is 0.493 e. The van der Waals surface area contributed by atoms with Gasteiger partial charge < -0.3 is 31.1 Å². The Kier molecular flexibility index (Phi) is 8.08. The van der Waals surface area contributed by atoms with E-state index in [9.17, 15) is 4.79 Å². The molecule has 0 saturated heterocycles. The van der Waals surface area contributed by atoms with Crippen molar-refractivity contribution >= 4 is 18.1 Å². The maximum absolute atomic E-state index is 11.8. The van der Waals surface area contributed by atoms with E-state index in [2.05, 4.69) is 15.5 Å². The number of amidine groups is 1. The number of nitrogens with two attached hydrogens (primary N) is 2. The van der Waals surface area contributed by atoms with Gasteiger partial charge in [0.25, 0.3) is 0 Å². The Balaban J connectivity index is 2.06. The highest BCUT2D eigenvalue weighted by Crippen LogP contribution is 2.32. The van der Waals surface area contributed by atoms with Gasteiger partial charge in [0.2, 0.25) is 0 Å². The van der Waals surface area contributed by atoms with Gasteiger partial charge in [-0.15, -0.1) is 0 Å². The minimum absolute atomic E-state index is 0.221. The van der Waals surface area contributed by atoms with Gasteiger partial charge in [0.05, 0.1) is 18.7 Å². The molecule has 9 nitrogen and oxygen atoms in total. The molecule has 0 radical (unpaired) electrons. The highest BCUT2D eigenvalue weighted by molar-refractivity contribution is 6.00. The van der Waals surface area contributed by atoms with E-state index >= 15 is 0 Å². The van der Waals surface area contributed by atoms with Crippen LogP contribution in [0.25, 0.3) is 0 Å². The van der Waals surface area contributed by atoms with Gasteiger partial charge in [-0.3, -0.25) is 4.99 Å². The van der Waals surface area contributed by atoms with Gasteiger partial charge in [-0.1, -0.05) is 11.2 Å². The van der Waals surface area contributed by atoms with Gasteiger partial charge in [-0.25, -0.2) is 4.79 Å². The molecule has 0 aliphatic carbocycles. The number of oxime groups is 1. The SMILES string of the molecule is CO/N=C(/N)c1ccc(CN=C/C(=C\N)CNC(=O)OC(C)(C)C)c2c1OCCC2. The Morgan fingerprint density at radius 3 is 2.80 bits per heavy atom. The van der Waals surface area contributed by atoms with Crippen molar-refractivity contribution < 1.29 is 19.1 Å². The number of amides is 1. The number of benzene rings is 1. The van der Waals surface area contributed by atoms with Crippen molar-refractivity contribution in [1.82, 2.24) is 5.32 Å². The number of carbonyl (C=O) groups excluding carboxylic acids is 1. The quantitative estimate of drug-likeness (QED) is 0.354. The smallest absolute Gasteiger partial charge is 0.407 e. The number of ether oxygens (including phenoxy) is 2. The fourth-order valence-electron chi connectivity index (χ4n) is 2.93. The molecular weight excluding hydrogens is 386 g/mol. The molecule has 0 aromatic heterocycles. The fraction of sp³-hybridized carbons (Fsp3) is 0.476. The number of fused-ring (bicyclic) bond motifs is 1. The van der Waals surface area contributed by atoms with Gasteiger partial charge in [0, 0.05) is 30.1 Å². The molecule has 0 atom stereocenters. The van der Waals surface area contributed by atoms with E-state index in [1.165, 1.54) is 13.3 Å². The highest BCUT2D eigenvalue weighted by Gasteiger charge is 2.20. The van der Waals surface area contributed by atoms with Crippen LogP contribution >= 0.6 is 0 Å². The molecule has 0 spiro atoms. The zero-order valence-corrected chi connectivity index (χ0v) is 18.0. The van der Waals surface area contributed by atoms with Gasteiger partial charge >= 0.3 is 6.09 Å². The summed E-state index contributed by atoms with van der Waals surface area (Å²) < 4.78 is 11.1. The number of hydrogen-bond donors (Lipinski definition) is 3. The van der Waals surface area contributed by atoms with Crippen LogP contribution in [-0.2, 0) is 22.5 Å². The van der Waals surface area contributed by atoms with Gasteiger partial charge in [-0.2, -0.15) is 0 Å². The standard InChI is InChI=1S/C21H31N5O4/c1-21(2,3)30-20(27)25-12-14(10-22)11-24-13-15-7-8-17(19(23)26-28-4)18-16(15)6-5-9-29-18/h7-8,10-11H,5-6,9,12-13,22H2,1-4H3,(H2,23,26)(H,25,27)/b14-10+,24-11?. The van der Waals surface area contributed by atoms with Crippen molar-refractivity contribution in [3.05, 3.63) is 40.6 Å². The molecule has 0 fully saturated rings. The Morgan fingerprint density at radius 2 is 2.13 bits per heavy atom. The molecule has 9 heteroatoms. The lowest BCUT2D eigenvalue weighted by Gasteiger charge is -2.22. The summed E-state index contributed by atoms with van der Waals surface area (Å²) in [6, 6.07) is 3.82. The van der Waals surface area contributed by atoms with Gasteiger partial charge in [0.1, 0.15) is 18.5 Å². The van der Waals surface area contributed by atoms with Crippen LogP contribution in [0.3, 0.4) is 0 Å². The second-order valence-electron chi connectivity index (χ2n) is 7.76. The van der Waals surface area contributed by atoms with Crippen LogP contribution in [0.1, 0.15) is 43.9 Å². The molecule has 5 N–H and O–H groups in total. The van der Waals surface area contributed by atoms with Crippen molar-refractivity contribution in [3.8, 4) is 5.75 Å². The van der Waals surface area contributed by atoms with Gasteiger partial charge in [-0.05, 0) is 45.2 Å². The Morgan fingerprint density at radius 1 is 1.37 bits per heavy atom. The van der Waals surface area contributed by atoms with E-state index in [-0.39, 0.29) is 12.4 Å². The van der Waals surface area contributed by atoms with E-state index in [0.717, 1.165) is 29.7 Å². The maximum Gasteiger partial charge on any atom is 0.407 e. The average molecular weight is 418 g/mol. The summed E-state index contributed by atoms with van der Waals surface area (Å²) in [6.07, 6.45) is 4.33. The first-order valence-electron chi connectivity index (χ1n) is 9.77. The number of rotatable bonds is 7. The summed E-state index contributed by atoms with van der Waals surface area (Å²) in [5.41, 5.74) is 14.6. The third-order valence-electron chi connectivity index (χ3n) is 4.21. The van der Waals surface area contributed by atoms with Crippen LogP contribution in [0.2, 0.25) is 0 Å². The average Bonchev–Trinajstić information content (AvgIpc) is 2.69. The molecule has 2 rings (SSSR count). The molecule has 1 aliphatic heterocycles. The number of carbonyl (C=O) groups is 1. The Bertz CT molecular complexity index is 841. The van der Waals surface area contributed by atoms with Crippen LogP contribution in [-0.4, -0.2) is 44.0 Å². The zero-order valence-electron chi connectivity index (χ0n) is 18.0. The molecule has 1 amide bonds. The molecule has 0 bridgehead atoms. The zero-order chi connectivity index (χ0) is 22.1. The van der Waals surface area contributed by atoms with Crippen molar-refractivity contribution in [2.75, 3.05) is 20.3 Å². The third kappa shape index (κ3) is 6.68. The first-order valence-corrected chi connectivity index (χ1v) is 9.77. The summed E-state index contributed by atoms with van der Waals surface area (Å²) in [5, 5.41) is 6.47. The van der Waals surface area contributed by atoms with Crippen LogP contribution in [0.15, 0.2) is 34.1 Å². The first-order chi connectivity index (χ1) is 14.2. The summed E-state index contributed by atoms with van der Waals surface area (Å²) in [6.45, 7) is 6.70. The first kappa shape index (κ1) is 23.1. The summed E-state index contributed by atoms with van der Waals surface area (Å²) in [4.78, 5) is 21.0. The number of nitrogens with zero attached hydrogens (tertiary/aromatic N) is 2. The molecule has 0 saturated carbocycles. The summed E-state index contributed by atoms with van der Waals surface area (Å²) in [7, 11) is 1.45. The predicted octanol–water partition coefficient (Wildman–Crippen LogP) is 2.22. The van der Waals surface area contributed by atoms with Crippen LogP contribution < -0.4 is 21.5 Å². The van der Waals surface area contributed by atoms with Crippen LogP contribution in [0.4, 0.5) is 4.79 Å². The molecule has 30 heavy (non-hydrogen) atoms. The molecule has 1 aromatic rings. The number of nitrogens with one attached hydrogen (secondary N) is 1. The second kappa shape index (κ2) is 10.5. The predicted molar refractivity (Wildman–Crippen MR) is 117 cm³/mol. The minimum Gasteiger partial charge on any atom is -0.493 e. The summed E-state index contributed by atoms with van der Waals surface area (Å²) in [5.74, 6) is 1.00. The van der Waals surface area contributed by atoms with E-state index < -0.39 is 11.7 Å². The minimum atomic E-state index is -0.560. The van der Waals surface area contributed by atoms with Crippen molar-refractivity contribution in [2.45, 2.75) is 45.8 Å². The number of aliphatic imine (C=N–C) groups is 1. The topological polar surface area (TPSA) is 134 Å². The number of alkyl carbamates (subject to hydrolysis) is 1. The lowest BCUT2D eigenvalue weighted by atomic mass is 9.96. The maximum atomic E-state index is 11.8. The second-order valence-corrected chi connectivity index (χ2v) is 7.76. The van der Waals surface area contributed by atoms with E-state index in [0.29, 0.717) is 24.3 Å². The molecule has 1 heterocycles. The molecular formula is C21H31N5O4. The van der Waals surface area contributed by atoms with Gasteiger partial charge in [0.15, 0.2) is 5.84 Å². The van der Waals surface area contributed by atoms with Crippen LogP contribution in [0.5, 0.6) is 5.75 Å². The normalized spacial score (nSPS) is 14.8. The van der Waals surface area contributed by atoms with E-state index in [4.69, 9.17) is 25.8 Å². The van der Waals surface area contributed by atoms with Crippen molar-refractivity contribution in [3.63, 3.8) is 0 Å². The Hall–Kier alpha value is -3.23. The third-order valence-corrected chi connectivity index (χ3v) is 4.21. The molecule has 0 unspecified atom stereocenters. The van der Waals surface area contributed by atoms with E-state index in [1.807, 2.05) is 12.1 Å². The highest BCUT2D eigenvalue weighted by atomic mass is 16.6. The Labute approximate surface area is 177 Å².